The minimum Gasteiger partial charge on any atom is -0.310 e. The van der Waals surface area contributed by atoms with Crippen LogP contribution < -0.4 is 5.32 Å². The summed E-state index contributed by atoms with van der Waals surface area (Å²) in [7, 11) is 0. The lowest BCUT2D eigenvalue weighted by Crippen LogP contribution is -2.26. The van der Waals surface area contributed by atoms with E-state index in [1.54, 1.807) is 6.07 Å². The van der Waals surface area contributed by atoms with E-state index in [9.17, 15) is 4.39 Å². The molecule has 1 atom stereocenters. The van der Waals surface area contributed by atoms with E-state index in [0.29, 0.717) is 11.1 Å². The molecule has 0 aromatic heterocycles. The molecule has 0 saturated carbocycles. The molecule has 1 heterocycles. The molecule has 1 aromatic carbocycles. The molecule has 0 unspecified atom stereocenters. The van der Waals surface area contributed by atoms with Gasteiger partial charge in [-0.3, -0.25) is 0 Å². The van der Waals surface area contributed by atoms with Crippen molar-refractivity contribution in [3.63, 3.8) is 0 Å². The van der Waals surface area contributed by atoms with Gasteiger partial charge in [0.1, 0.15) is 5.82 Å². The van der Waals surface area contributed by atoms with Gasteiger partial charge in [0.2, 0.25) is 0 Å². The van der Waals surface area contributed by atoms with Gasteiger partial charge in [0.05, 0.1) is 0 Å². The molecular weight excluding hydrogens is 236 g/mol. The van der Waals surface area contributed by atoms with Crippen molar-refractivity contribution in [1.82, 2.24) is 5.32 Å². The van der Waals surface area contributed by atoms with Gasteiger partial charge < -0.3 is 5.32 Å². The highest BCUT2D eigenvalue weighted by molar-refractivity contribution is 6.31. The van der Waals surface area contributed by atoms with Crippen molar-refractivity contribution in [2.24, 2.45) is 0 Å². The first-order chi connectivity index (χ1) is 6.77. The molecule has 1 aliphatic rings. The Morgan fingerprint density at radius 3 is 2.73 bits per heavy atom. The van der Waals surface area contributed by atoms with Crippen LogP contribution >= 0.6 is 24.0 Å². The van der Waals surface area contributed by atoms with Gasteiger partial charge in [-0.1, -0.05) is 24.1 Å². The standard InChI is InChI=1S/C11H13ClFN.ClH/c12-10-7-8(13)4-5-9(10)11-3-1-2-6-14-11;/h4-5,7,11,14H,1-3,6H2;1H/t11-;/m0./s1. The maximum absolute atomic E-state index is 12.8. The van der Waals surface area contributed by atoms with Gasteiger partial charge in [0.25, 0.3) is 0 Å². The summed E-state index contributed by atoms with van der Waals surface area (Å²) in [6, 6.07) is 4.93. The third-order valence-corrected chi connectivity index (χ3v) is 2.98. The van der Waals surface area contributed by atoms with Crippen LogP contribution in [0.5, 0.6) is 0 Å². The highest BCUT2D eigenvalue weighted by atomic mass is 35.5. The second-order valence-corrected chi connectivity index (χ2v) is 4.08. The summed E-state index contributed by atoms with van der Waals surface area (Å²) < 4.78 is 12.8. The summed E-state index contributed by atoms with van der Waals surface area (Å²) >= 11 is 5.98. The minimum atomic E-state index is -0.269. The monoisotopic (exact) mass is 249 g/mol. The normalized spacial score (nSPS) is 20.8. The van der Waals surface area contributed by atoms with Crippen LogP contribution in [0, 0.1) is 5.82 Å². The summed E-state index contributed by atoms with van der Waals surface area (Å²) in [5.74, 6) is -0.269. The molecule has 1 fully saturated rings. The summed E-state index contributed by atoms with van der Waals surface area (Å²) in [6.07, 6.45) is 3.52. The molecule has 84 valence electrons. The number of halogens is 3. The summed E-state index contributed by atoms with van der Waals surface area (Å²) in [5, 5.41) is 3.92. The van der Waals surface area contributed by atoms with Gasteiger partial charge >= 0.3 is 0 Å². The molecule has 0 bridgehead atoms. The Morgan fingerprint density at radius 1 is 1.33 bits per heavy atom. The molecule has 1 N–H and O–H groups in total. The second kappa shape index (κ2) is 5.69. The Bertz CT molecular complexity index is 324. The van der Waals surface area contributed by atoms with E-state index in [1.807, 2.05) is 0 Å². The van der Waals surface area contributed by atoms with Gasteiger partial charge in [-0.05, 0) is 37.1 Å². The highest BCUT2D eigenvalue weighted by Gasteiger charge is 2.17. The van der Waals surface area contributed by atoms with Crippen LogP contribution in [0.15, 0.2) is 18.2 Å². The van der Waals surface area contributed by atoms with E-state index in [4.69, 9.17) is 11.6 Å². The average molecular weight is 250 g/mol. The van der Waals surface area contributed by atoms with Crippen molar-refractivity contribution < 1.29 is 4.39 Å². The Kier molecular flexibility index (Phi) is 4.84. The molecular formula is C11H14Cl2FN. The number of piperidine rings is 1. The zero-order valence-electron chi connectivity index (χ0n) is 8.30. The van der Waals surface area contributed by atoms with Crippen molar-refractivity contribution in [2.45, 2.75) is 25.3 Å². The fourth-order valence-corrected chi connectivity index (χ4v) is 2.20. The molecule has 0 radical (unpaired) electrons. The Hall–Kier alpha value is -0.310. The Morgan fingerprint density at radius 2 is 2.13 bits per heavy atom. The highest BCUT2D eigenvalue weighted by Crippen LogP contribution is 2.29. The van der Waals surface area contributed by atoms with Crippen LogP contribution in [0.3, 0.4) is 0 Å². The van der Waals surface area contributed by atoms with Gasteiger partial charge in [-0.2, -0.15) is 0 Å². The van der Waals surface area contributed by atoms with Gasteiger partial charge in [-0.25, -0.2) is 4.39 Å². The molecule has 15 heavy (non-hydrogen) atoms. The lowest BCUT2D eigenvalue weighted by atomic mass is 9.97. The summed E-state index contributed by atoms with van der Waals surface area (Å²) in [6.45, 7) is 1.03. The Balaban J connectivity index is 0.00000112. The molecule has 0 amide bonds. The predicted molar refractivity (Wildman–Crippen MR) is 63.3 cm³/mol. The fraction of sp³-hybridized carbons (Fsp3) is 0.455. The van der Waals surface area contributed by atoms with Crippen LogP contribution in [-0.4, -0.2) is 6.54 Å². The molecule has 0 spiro atoms. The van der Waals surface area contributed by atoms with Crippen LogP contribution in [0.25, 0.3) is 0 Å². The lowest BCUT2D eigenvalue weighted by molar-refractivity contribution is 0.412. The van der Waals surface area contributed by atoms with Crippen LogP contribution in [0.4, 0.5) is 4.39 Å². The Labute approximate surface area is 100 Å². The van der Waals surface area contributed by atoms with Crippen LogP contribution in [0.2, 0.25) is 5.02 Å². The minimum absolute atomic E-state index is 0. The molecule has 1 saturated heterocycles. The summed E-state index contributed by atoms with van der Waals surface area (Å²) in [5.41, 5.74) is 1.02. The van der Waals surface area contributed by atoms with E-state index in [2.05, 4.69) is 5.32 Å². The zero-order chi connectivity index (χ0) is 9.97. The topological polar surface area (TPSA) is 12.0 Å². The van der Waals surface area contributed by atoms with Crippen molar-refractivity contribution in [1.29, 1.82) is 0 Å². The first-order valence-corrected chi connectivity index (χ1v) is 5.33. The molecule has 1 aliphatic heterocycles. The SMILES string of the molecule is Cl.Fc1ccc([C@@H]2CCCCN2)c(Cl)c1. The molecule has 2 rings (SSSR count). The maximum atomic E-state index is 12.8. The van der Waals surface area contributed by atoms with Gasteiger partial charge in [-0.15, -0.1) is 12.4 Å². The molecule has 1 nitrogen and oxygen atoms in total. The fourth-order valence-electron chi connectivity index (χ4n) is 1.90. The van der Waals surface area contributed by atoms with Crippen molar-refractivity contribution in [3.8, 4) is 0 Å². The summed E-state index contributed by atoms with van der Waals surface area (Å²) in [4.78, 5) is 0. The van der Waals surface area contributed by atoms with Crippen molar-refractivity contribution in [2.75, 3.05) is 6.54 Å². The van der Waals surface area contributed by atoms with E-state index >= 15 is 0 Å². The number of benzene rings is 1. The van der Waals surface area contributed by atoms with Crippen LogP contribution in [0.1, 0.15) is 30.9 Å². The third-order valence-electron chi connectivity index (χ3n) is 2.65. The zero-order valence-corrected chi connectivity index (χ0v) is 9.87. The van der Waals surface area contributed by atoms with Crippen molar-refractivity contribution in [3.05, 3.63) is 34.6 Å². The first kappa shape index (κ1) is 12.8. The number of hydrogen-bond acceptors (Lipinski definition) is 1. The van der Waals surface area contributed by atoms with E-state index in [1.165, 1.54) is 25.0 Å². The average Bonchev–Trinajstić information content (AvgIpc) is 2.19. The number of rotatable bonds is 1. The maximum Gasteiger partial charge on any atom is 0.124 e. The molecule has 0 aliphatic carbocycles. The molecule has 4 heteroatoms. The number of nitrogens with one attached hydrogen (secondary N) is 1. The molecule has 1 aromatic rings. The van der Waals surface area contributed by atoms with Crippen LogP contribution in [-0.2, 0) is 0 Å². The van der Waals surface area contributed by atoms with Crippen molar-refractivity contribution >= 4 is 24.0 Å². The second-order valence-electron chi connectivity index (χ2n) is 3.67. The largest absolute Gasteiger partial charge is 0.310 e. The van der Waals surface area contributed by atoms with Gasteiger partial charge in [0.15, 0.2) is 0 Å². The lowest BCUT2D eigenvalue weighted by Gasteiger charge is -2.24. The quantitative estimate of drug-likeness (QED) is 0.801. The van der Waals surface area contributed by atoms with E-state index in [-0.39, 0.29) is 18.2 Å². The van der Waals surface area contributed by atoms with E-state index < -0.39 is 0 Å². The predicted octanol–water partition coefficient (Wildman–Crippen LogP) is 3.72. The first-order valence-electron chi connectivity index (χ1n) is 4.96. The van der Waals surface area contributed by atoms with E-state index in [0.717, 1.165) is 18.5 Å². The smallest absolute Gasteiger partial charge is 0.124 e. The van der Waals surface area contributed by atoms with Gasteiger partial charge in [0, 0.05) is 11.1 Å². The third kappa shape index (κ3) is 3.07. The number of hydrogen-bond donors (Lipinski definition) is 1.